The van der Waals surface area contributed by atoms with Crippen molar-refractivity contribution in [3.05, 3.63) is 28.2 Å². The van der Waals surface area contributed by atoms with Gasteiger partial charge in [-0.05, 0) is 58.8 Å². The van der Waals surface area contributed by atoms with Gasteiger partial charge in [-0.2, -0.15) is 0 Å². The number of aliphatic carboxylic acids is 1. The van der Waals surface area contributed by atoms with Crippen LogP contribution in [0.1, 0.15) is 24.8 Å². The van der Waals surface area contributed by atoms with Crippen molar-refractivity contribution >= 4 is 27.8 Å². The summed E-state index contributed by atoms with van der Waals surface area (Å²) >= 11 is 3.40. The minimum atomic E-state index is -0.946. The lowest BCUT2D eigenvalue weighted by Gasteiger charge is -2.13. The second-order valence-corrected chi connectivity index (χ2v) is 6.04. The van der Waals surface area contributed by atoms with E-state index in [-0.39, 0.29) is 18.2 Å². The number of nitrogens with one attached hydrogen (secondary N) is 1. The van der Waals surface area contributed by atoms with E-state index >= 15 is 0 Å². The molecular formula is C15H18BrNO4. The molecule has 0 aliphatic heterocycles. The number of carboxylic acid groups (broad SMARTS) is 1. The average molecular weight is 356 g/mol. The van der Waals surface area contributed by atoms with Crippen molar-refractivity contribution in [1.82, 2.24) is 5.32 Å². The number of carbonyl (C=O) groups excluding carboxylic acids is 1. The van der Waals surface area contributed by atoms with Crippen molar-refractivity contribution in [3.63, 3.8) is 0 Å². The summed E-state index contributed by atoms with van der Waals surface area (Å²) < 4.78 is 5.98. The first-order chi connectivity index (χ1) is 10.0. The molecule has 0 heterocycles. The van der Waals surface area contributed by atoms with Crippen LogP contribution in [-0.2, 0) is 16.0 Å². The van der Waals surface area contributed by atoms with Crippen molar-refractivity contribution in [2.45, 2.75) is 31.7 Å². The van der Waals surface area contributed by atoms with Crippen LogP contribution in [0.2, 0.25) is 0 Å². The molecule has 2 rings (SSSR count). The van der Waals surface area contributed by atoms with Crippen LogP contribution < -0.4 is 10.1 Å². The Morgan fingerprint density at radius 2 is 2.19 bits per heavy atom. The lowest BCUT2D eigenvalue weighted by molar-refractivity contribution is -0.142. The molecule has 1 saturated carbocycles. The minimum Gasteiger partial charge on any atom is -0.496 e. The molecule has 0 spiro atoms. The Morgan fingerprint density at radius 1 is 1.48 bits per heavy atom. The molecule has 114 valence electrons. The number of carboxylic acids is 1. The Labute approximate surface area is 131 Å². The Morgan fingerprint density at radius 3 is 2.71 bits per heavy atom. The van der Waals surface area contributed by atoms with Crippen molar-refractivity contribution in [2.24, 2.45) is 5.92 Å². The Kier molecular flexibility index (Phi) is 5.22. The van der Waals surface area contributed by atoms with Crippen LogP contribution in [0.3, 0.4) is 0 Å². The van der Waals surface area contributed by atoms with Gasteiger partial charge in [-0.1, -0.05) is 6.07 Å². The molecule has 1 aliphatic carbocycles. The maximum absolute atomic E-state index is 11.9. The number of benzene rings is 1. The Balaban J connectivity index is 1.86. The number of aryl methyl sites for hydroxylation is 1. The number of halogens is 1. The summed E-state index contributed by atoms with van der Waals surface area (Å²) in [6.07, 6.45) is 2.59. The molecule has 0 radical (unpaired) electrons. The predicted molar refractivity (Wildman–Crippen MR) is 81.3 cm³/mol. The van der Waals surface area contributed by atoms with E-state index in [1.165, 1.54) is 0 Å². The molecule has 6 heteroatoms. The van der Waals surface area contributed by atoms with Gasteiger partial charge in [0.05, 0.1) is 11.6 Å². The maximum Gasteiger partial charge on any atom is 0.326 e. The van der Waals surface area contributed by atoms with E-state index in [0.717, 1.165) is 28.6 Å². The van der Waals surface area contributed by atoms with E-state index < -0.39 is 12.0 Å². The standard InChI is InChI=1S/C15H18BrNO4/c1-21-12-6-2-9(8-11(12)16)3-7-13(18)17-14(15(19)20)10-4-5-10/h2,6,8,10,14H,3-5,7H2,1H3,(H,17,18)(H,19,20). The molecular weight excluding hydrogens is 338 g/mol. The van der Waals surface area contributed by atoms with Gasteiger partial charge >= 0.3 is 5.97 Å². The van der Waals surface area contributed by atoms with Gasteiger partial charge in [0.25, 0.3) is 0 Å². The summed E-state index contributed by atoms with van der Waals surface area (Å²) in [5.74, 6) is -0.330. The molecule has 2 N–H and O–H groups in total. The summed E-state index contributed by atoms with van der Waals surface area (Å²) in [6.45, 7) is 0. The monoisotopic (exact) mass is 355 g/mol. The van der Waals surface area contributed by atoms with E-state index in [0.29, 0.717) is 6.42 Å². The van der Waals surface area contributed by atoms with Gasteiger partial charge in [-0.15, -0.1) is 0 Å². The van der Waals surface area contributed by atoms with Crippen molar-refractivity contribution < 1.29 is 19.4 Å². The third-order valence-corrected chi connectivity index (χ3v) is 4.15. The van der Waals surface area contributed by atoms with E-state index in [1.807, 2.05) is 18.2 Å². The second-order valence-electron chi connectivity index (χ2n) is 5.19. The van der Waals surface area contributed by atoms with Gasteiger partial charge < -0.3 is 15.2 Å². The highest BCUT2D eigenvalue weighted by Crippen LogP contribution is 2.32. The first-order valence-corrected chi connectivity index (χ1v) is 7.65. The molecule has 1 unspecified atom stereocenters. The summed E-state index contributed by atoms with van der Waals surface area (Å²) in [7, 11) is 1.59. The highest BCUT2D eigenvalue weighted by atomic mass is 79.9. The summed E-state index contributed by atoms with van der Waals surface area (Å²) in [5, 5.41) is 11.7. The fourth-order valence-corrected chi connectivity index (χ4v) is 2.77. The van der Waals surface area contributed by atoms with E-state index in [9.17, 15) is 9.59 Å². The van der Waals surface area contributed by atoms with Gasteiger partial charge in [-0.3, -0.25) is 4.79 Å². The van der Waals surface area contributed by atoms with E-state index in [2.05, 4.69) is 21.2 Å². The molecule has 1 fully saturated rings. The molecule has 1 aromatic rings. The number of methoxy groups -OCH3 is 1. The predicted octanol–water partition coefficient (Wildman–Crippen LogP) is 2.37. The highest BCUT2D eigenvalue weighted by molar-refractivity contribution is 9.10. The third kappa shape index (κ3) is 4.46. The van der Waals surface area contributed by atoms with E-state index in [1.54, 1.807) is 7.11 Å². The zero-order valence-corrected chi connectivity index (χ0v) is 13.4. The molecule has 0 bridgehead atoms. The van der Waals surface area contributed by atoms with Crippen LogP contribution in [0.4, 0.5) is 0 Å². The fourth-order valence-electron chi connectivity index (χ4n) is 2.18. The minimum absolute atomic E-state index is 0.0987. The zero-order valence-electron chi connectivity index (χ0n) is 11.8. The number of hydrogen-bond donors (Lipinski definition) is 2. The first kappa shape index (κ1) is 15.8. The van der Waals surface area contributed by atoms with Crippen LogP contribution in [0.25, 0.3) is 0 Å². The van der Waals surface area contributed by atoms with Crippen LogP contribution in [0, 0.1) is 5.92 Å². The molecule has 1 aliphatic rings. The molecule has 0 saturated heterocycles. The Hall–Kier alpha value is -1.56. The average Bonchev–Trinajstić information content (AvgIpc) is 3.26. The van der Waals surface area contributed by atoms with Crippen LogP contribution >= 0.6 is 15.9 Å². The number of amides is 1. The van der Waals surface area contributed by atoms with Gasteiger partial charge in [0.1, 0.15) is 11.8 Å². The topological polar surface area (TPSA) is 75.6 Å². The quantitative estimate of drug-likeness (QED) is 0.787. The number of hydrogen-bond acceptors (Lipinski definition) is 3. The molecule has 1 aromatic carbocycles. The summed E-state index contributed by atoms with van der Waals surface area (Å²) in [5.41, 5.74) is 0.996. The summed E-state index contributed by atoms with van der Waals surface area (Å²) in [4.78, 5) is 22.9. The third-order valence-electron chi connectivity index (χ3n) is 3.53. The molecule has 5 nitrogen and oxygen atoms in total. The lowest BCUT2D eigenvalue weighted by atomic mass is 10.1. The lowest BCUT2D eigenvalue weighted by Crippen LogP contribution is -2.42. The fraction of sp³-hybridized carbons (Fsp3) is 0.467. The number of ether oxygens (including phenoxy) is 1. The van der Waals surface area contributed by atoms with E-state index in [4.69, 9.17) is 9.84 Å². The number of carbonyl (C=O) groups is 2. The van der Waals surface area contributed by atoms with Crippen LogP contribution in [0.5, 0.6) is 5.75 Å². The van der Waals surface area contributed by atoms with Gasteiger partial charge in [0.15, 0.2) is 0 Å². The van der Waals surface area contributed by atoms with Gasteiger partial charge in [-0.25, -0.2) is 4.79 Å². The molecule has 0 aromatic heterocycles. The molecule has 1 atom stereocenters. The van der Waals surface area contributed by atoms with Gasteiger partial charge in [0, 0.05) is 6.42 Å². The second kappa shape index (κ2) is 6.93. The zero-order chi connectivity index (χ0) is 15.4. The highest BCUT2D eigenvalue weighted by Gasteiger charge is 2.37. The normalized spacial score (nSPS) is 15.3. The van der Waals surface area contributed by atoms with Crippen molar-refractivity contribution in [1.29, 1.82) is 0 Å². The summed E-state index contributed by atoms with van der Waals surface area (Å²) in [6, 6.07) is 4.90. The SMILES string of the molecule is COc1ccc(CCC(=O)NC(C(=O)O)C2CC2)cc1Br. The Bertz CT molecular complexity index is 542. The van der Waals surface area contributed by atoms with Crippen molar-refractivity contribution in [3.8, 4) is 5.75 Å². The van der Waals surface area contributed by atoms with Crippen LogP contribution in [-0.4, -0.2) is 30.1 Å². The largest absolute Gasteiger partial charge is 0.496 e. The maximum atomic E-state index is 11.9. The first-order valence-electron chi connectivity index (χ1n) is 6.86. The smallest absolute Gasteiger partial charge is 0.326 e. The van der Waals surface area contributed by atoms with Crippen LogP contribution in [0.15, 0.2) is 22.7 Å². The molecule has 1 amide bonds. The van der Waals surface area contributed by atoms with Gasteiger partial charge in [0.2, 0.25) is 5.91 Å². The number of rotatable bonds is 7. The molecule has 21 heavy (non-hydrogen) atoms. The van der Waals surface area contributed by atoms with Crippen molar-refractivity contribution in [2.75, 3.05) is 7.11 Å².